The zero-order chi connectivity index (χ0) is 16.1. The van der Waals surface area contributed by atoms with Crippen molar-refractivity contribution in [3.8, 4) is 0 Å². The van der Waals surface area contributed by atoms with Crippen molar-refractivity contribution in [2.45, 2.75) is 13.0 Å². The summed E-state index contributed by atoms with van der Waals surface area (Å²) in [5.41, 5.74) is 1.91. The molecule has 0 radical (unpaired) electrons. The lowest BCUT2D eigenvalue weighted by Gasteiger charge is -2.15. The van der Waals surface area contributed by atoms with E-state index in [4.69, 9.17) is 0 Å². The maximum Gasteiger partial charge on any atom is 0.247 e. The SMILES string of the molecule is C=CC(=O)Nc1c(C)cccc1C(=O)C(O)c1ccccc1. The summed E-state index contributed by atoms with van der Waals surface area (Å²) in [7, 11) is 0. The molecule has 2 aromatic carbocycles. The van der Waals surface area contributed by atoms with Crippen LogP contribution in [0.25, 0.3) is 0 Å². The molecule has 112 valence electrons. The highest BCUT2D eigenvalue weighted by Crippen LogP contribution is 2.26. The summed E-state index contributed by atoms with van der Waals surface area (Å²) >= 11 is 0. The Kier molecular flexibility index (Phi) is 4.86. The fraction of sp³-hybridized carbons (Fsp3) is 0.111. The van der Waals surface area contributed by atoms with Gasteiger partial charge in [0.15, 0.2) is 5.78 Å². The standard InChI is InChI=1S/C18H17NO3/c1-3-15(20)19-16-12(2)8-7-11-14(16)18(22)17(21)13-9-5-4-6-10-13/h3-11,17,21H,1H2,2H3,(H,19,20). The third-order valence-electron chi connectivity index (χ3n) is 3.34. The number of aliphatic hydroxyl groups excluding tert-OH is 1. The first-order valence-electron chi connectivity index (χ1n) is 6.85. The minimum atomic E-state index is -1.28. The van der Waals surface area contributed by atoms with Gasteiger partial charge in [0.2, 0.25) is 5.91 Å². The molecular formula is C18H17NO3. The fourth-order valence-electron chi connectivity index (χ4n) is 2.15. The Hall–Kier alpha value is -2.72. The Bertz CT molecular complexity index is 708. The predicted octanol–water partition coefficient (Wildman–Crippen LogP) is 3.04. The van der Waals surface area contributed by atoms with Gasteiger partial charge in [-0.3, -0.25) is 9.59 Å². The molecule has 1 atom stereocenters. The van der Waals surface area contributed by atoms with E-state index in [2.05, 4.69) is 11.9 Å². The minimum Gasteiger partial charge on any atom is -0.380 e. The number of anilines is 1. The van der Waals surface area contributed by atoms with Crippen LogP contribution < -0.4 is 5.32 Å². The van der Waals surface area contributed by atoms with Gasteiger partial charge in [0.05, 0.1) is 5.69 Å². The van der Waals surface area contributed by atoms with Gasteiger partial charge in [-0.05, 0) is 30.2 Å². The van der Waals surface area contributed by atoms with Gasteiger partial charge in [0.25, 0.3) is 0 Å². The smallest absolute Gasteiger partial charge is 0.247 e. The number of benzene rings is 2. The second-order valence-electron chi connectivity index (χ2n) is 4.87. The summed E-state index contributed by atoms with van der Waals surface area (Å²) in [5.74, 6) is -0.869. The lowest BCUT2D eigenvalue weighted by molar-refractivity contribution is -0.111. The Balaban J connectivity index is 2.39. The third-order valence-corrected chi connectivity index (χ3v) is 3.34. The molecule has 0 saturated carbocycles. The van der Waals surface area contributed by atoms with E-state index in [1.54, 1.807) is 49.4 Å². The van der Waals surface area contributed by atoms with E-state index >= 15 is 0 Å². The highest BCUT2D eigenvalue weighted by atomic mass is 16.3. The number of carbonyl (C=O) groups is 2. The molecule has 0 aromatic heterocycles. The molecule has 2 aromatic rings. The highest BCUT2D eigenvalue weighted by Gasteiger charge is 2.22. The van der Waals surface area contributed by atoms with E-state index in [0.717, 1.165) is 11.6 Å². The molecule has 4 heteroatoms. The summed E-state index contributed by atoms with van der Waals surface area (Å²) in [4.78, 5) is 24.1. The van der Waals surface area contributed by atoms with Gasteiger partial charge < -0.3 is 10.4 Å². The maximum absolute atomic E-state index is 12.6. The van der Waals surface area contributed by atoms with Crippen molar-refractivity contribution in [1.82, 2.24) is 0 Å². The van der Waals surface area contributed by atoms with Gasteiger partial charge in [0, 0.05) is 5.56 Å². The maximum atomic E-state index is 12.6. The van der Waals surface area contributed by atoms with Crippen LogP contribution in [0.3, 0.4) is 0 Å². The largest absolute Gasteiger partial charge is 0.380 e. The van der Waals surface area contributed by atoms with Crippen LogP contribution in [0.2, 0.25) is 0 Å². The van der Waals surface area contributed by atoms with Crippen LogP contribution in [0.15, 0.2) is 61.2 Å². The average molecular weight is 295 g/mol. The number of Topliss-reactive ketones (excluding diaryl/α,β-unsaturated/α-hetero) is 1. The van der Waals surface area contributed by atoms with Gasteiger partial charge in [0.1, 0.15) is 6.10 Å². The molecule has 0 spiro atoms. The molecule has 2 N–H and O–H groups in total. The summed E-state index contributed by atoms with van der Waals surface area (Å²) in [6.07, 6.45) is -0.142. The number of amides is 1. The first-order valence-corrected chi connectivity index (χ1v) is 6.85. The van der Waals surface area contributed by atoms with Crippen molar-refractivity contribution >= 4 is 17.4 Å². The van der Waals surface area contributed by atoms with Gasteiger partial charge in [-0.25, -0.2) is 0 Å². The molecular weight excluding hydrogens is 278 g/mol. The third kappa shape index (κ3) is 3.30. The van der Waals surface area contributed by atoms with Crippen LogP contribution in [0.1, 0.15) is 27.6 Å². The van der Waals surface area contributed by atoms with Crippen molar-refractivity contribution in [1.29, 1.82) is 0 Å². The fourth-order valence-corrected chi connectivity index (χ4v) is 2.15. The van der Waals surface area contributed by atoms with Crippen molar-refractivity contribution in [3.05, 3.63) is 77.9 Å². The first-order chi connectivity index (χ1) is 10.5. The molecule has 0 aliphatic rings. The summed E-state index contributed by atoms with van der Waals surface area (Å²) in [5, 5.41) is 12.9. The minimum absolute atomic E-state index is 0.270. The molecule has 0 saturated heterocycles. The van der Waals surface area contributed by atoms with Gasteiger partial charge in [-0.2, -0.15) is 0 Å². The Morgan fingerprint density at radius 1 is 1.14 bits per heavy atom. The number of ketones is 1. The topological polar surface area (TPSA) is 66.4 Å². The molecule has 0 heterocycles. The van der Waals surface area contributed by atoms with Gasteiger partial charge in [-0.1, -0.05) is 49.0 Å². The highest BCUT2D eigenvalue weighted by molar-refractivity contribution is 6.09. The van der Waals surface area contributed by atoms with Crippen LogP contribution in [0, 0.1) is 6.92 Å². The normalized spacial score (nSPS) is 11.5. The summed E-state index contributed by atoms with van der Waals surface area (Å²) in [6.45, 7) is 5.18. The van der Waals surface area contributed by atoms with Crippen molar-refractivity contribution in [2.24, 2.45) is 0 Å². The number of hydrogen-bond donors (Lipinski definition) is 2. The van der Waals surface area contributed by atoms with E-state index in [9.17, 15) is 14.7 Å². The van der Waals surface area contributed by atoms with Crippen LogP contribution in [0.5, 0.6) is 0 Å². The van der Waals surface area contributed by atoms with Crippen molar-refractivity contribution in [3.63, 3.8) is 0 Å². The van der Waals surface area contributed by atoms with E-state index in [1.165, 1.54) is 0 Å². The van der Waals surface area contributed by atoms with Crippen LogP contribution >= 0.6 is 0 Å². The molecule has 4 nitrogen and oxygen atoms in total. The van der Waals surface area contributed by atoms with Gasteiger partial charge in [-0.15, -0.1) is 0 Å². The summed E-state index contributed by atoms with van der Waals surface area (Å²) < 4.78 is 0. The molecule has 0 aliphatic carbocycles. The van der Waals surface area contributed by atoms with Crippen molar-refractivity contribution in [2.75, 3.05) is 5.32 Å². The molecule has 0 aliphatic heterocycles. The number of aliphatic hydroxyl groups is 1. The monoisotopic (exact) mass is 295 g/mol. The number of para-hydroxylation sites is 1. The number of aryl methyl sites for hydroxylation is 1. The predicted molar refractivity (Wildman–Crippen MR) is 85.7 cm³/mol. The average Bonchev–Trinajstić information content (AvgIpc) is 2.56. The zero-order valence-corrected chi connectivity index (χ0v) is 12.2. The molecule has 1 amide bonds. The lowest BCUT2D eigenvalue weighted by atomic mass is 9.97. The Labute approximate surface area is 129 Å². The second-order valence-corrected chi connectivity index (χ2v) is 4.87. The lowest BCUT2D eigenvalue weighted by Crippen LogP contribution is -2.17. The molecule has 0 fully saturated rings. The van der Waals surface area contributed by atoms with E-state index in [1.807, 2.05) is 6.07 Å². The van der Waals surface area contributed by atoms with Gasteiger partial charge >= 0.3 is 0 Å². The number of rotatable bonds is 5. The molecule has 0 bridgehead atoms. The quantitative estimate of drug-likeness (QED) is 0.658. The summed E-state index contributed by atoms with van der Waals surface area (Å²) in [6, 6.07) is 13.8. The molecule has 22 heavy (non-hydrogen) atoms. The number of carbonyl (C=O) groups excluding carboxylic acids is 2. The Morgan fingerprint density at radius 2 is 1.82 bits per heavy atom. The van der Waals surface area contributed by atoms with Crippen molar-refractivity contribution < 1.29 is 14.7 Å². The van der Waals surface area contributed by atoms with E-state index < -0.39 is 17.8 Å². The number of nitrogens with one attached hydrogen (secondary N) is 1. The van der Waals surface area contributed by atoms with E-state index in [0.29, 0.717) is 11.3 Å². The molecule has 1 unspecified atom stereocenters. The van der Waals surface area contributed by atoms with Crippen LogP contribution in [-0.2, 0) is 4.79 Å². The number of hydrogen-bond acceptors (Lipinski definition) is 3. The molecule has 2 rings (SSSR count). The first kappa shape index (κ1) is 15.7. The van der Waals surface area contributed by atoms with Crippen LogP contribution in [0.4, 0.5) is 5.69 Å². The second kappa shape index (κ2) is 6.83. The Morgan fingerprint density at radius 3 is 2.45 bits per heavy atom. The van der Waals surface area contributed by atoms with E-state index in [-0.39, 0.29) is 5.56 Å². The van der Waals surface area contributed by atoms with Crippen LogP contribution in [-0.4, -0.2) is 16.8 Å². The zero-order valence-electron chi connectivity index (χ0n) is 12.2.